The van der Waals surface area contributed by atoms with Crippen LogP contribution in [0.1, 0.15) is 34.6 Å². The topological polar surface area (TPSA) is 63.6 Å². The van der Waals surface area contributed by atoms with E-state index in [1.165, 1.54) is 32.0 Å². The van der Waals surface area contributed by atoms with Gasteiger partial charge in [0.15, 0.2) is 11.6 Å². The summed E-state index contributed by atoms with van der Waals surface area (Å²) in [4.78, 5) is 32.4. The summed E-state index contributed by atoms with van der Waals surface area (Å²) in [5.74, 6) is -0.393. The third-order valence-electron chi connectivity index (χ3n) is 1.84. The Bertz CT molecular complexity index is 378. The van der Waals surface area contributed by atoms with Crippen molar-refractivity contribution in [2.75, 3.05) is 0 Å². The minimum absolute atomic E-state index is 0.0999. The van der Waals surface area contributed by atoms with E-state index in [4.69, 9.17) is 0 Å². The van der Waals surface area contributed by atoms with Crippen LogP contribution in [0.3, 0.4) is 0 Å². The lowest BCUT2D eigenvalue weighted by atomic mass is 10.0. The average molecular weight is 191 g/mol. The van der Waals surface area contributed by atoms with E-state index in [0.717, 1.165) is 0 Å². The number of Topliss-reactive ketones (excluding diaryl/α,β-unsaturated/α-hetero) is 2. The summed E-state index contributed by atoms with van der Waals surface area (Å²) in [6.07, 6.45) is 0. The molecule has 1 rings (SSSR count). The highest BCUT2D eigenvalue weighted by atomic mass is 16.3. The van der Waals surface area contributed by atoms with E-state index in [2.05, 4.69) is 5.18 Å². The van der Waals surface area contributed by atoms with Gasteiger partial charge in [0.1, 0.15) is 5.69 Å². The van der Waals surface area contributed by atoms with E-state index in [0.29, 0.717) is 11.1 Å². The van der Waals surface area contributed by atoms with Crippen LogP contribution in [-0.2, 0) is 0 Å². The van der Waals surface area contributed by atoms with Crippen LogP contribution in [-0.4, -0.2) is 11.6 Å². The number of benzene rings is 1. The van der Waals surface area contributed by atoms with E-state index in [1.54, 1.807) is 0 Å². The third kappa shape index (κ3) is 2.10. The second-order valence-corrected chi connectivity index (χ2v) is 2.97. The molecule has 0 saturated carbocycles. The summed E-state index contributed by atoms with van der Waals surface area (Å²) < 4.78 is 0. The Kier molecular flexibility index (Phi) is 2.86. The molecule has 1 aromatic carbocycles. The number of carbonyl (C=O) groups is 2. The summed E-state index contributed by atoms with van der Waals surface area (Å²) in [6.45, 7) is 2.74. The van der Waals surface area contributed by atoms with Crippen molar-refractivity contribution in [2.45, 2.75) is 13.8 Å². The number of ketones is 2. The highest BCUT2D eigenvalue weighted by Crippen LogP contribution is 2.18. The number of nitroso groups, excluding NO2 is 1. The summed E-state index contributed by atoms with van der Waals surface area (Å²) in [5, 5.41) is 2.70. The molecule has 0 radical (unpaired) electrons. The van der Waals surface area contributed by atoms with Gasteiger partial charge in [-0.15, -0.1) is 4.91 Å². The third-order valence-corrected chi connectivity index (χ3v) is 1.84. The molecule has 0 aliphatic rings. The molecule has 0 saturated heterocycles. The summed E-state index contributed by atoms with van der Waals surface area (Å²) in [6, 6.07) is 4.18. The van der Waals surface area contributed by atoms with Crippen LogP contribution in [0.25, 0.3) is 0 Å². The second kappa shape index (κ2) is 3.91. The zero-order valence-electron chi connectivity index (χ0n) is 7.90. The predicted molar refractivity (Wildman–Crippen MR) is 51.9 cm³/mol. The maximum absolute atomic E-state index is 11.0. The lowest BCUT2D eigenvalue weighted by Crippen LogP contribution is -1.97. The van der Waals surface area contributed by atoms with Gasteiger partial charge in [0.2, 0.25) is 0 Å². The Morgan fingerprint density at radius 3 is 1.71 bits per heavy atom. The first-order chi connectivity index (χ1) is 6.54. The summed E-state index contributed by atoms with van der Waals surface area (Å²) >= 11 is 0. The Morgan fingerprint density at radius 2 is 1.43 bits per heavy atom. The molecule has 0 amide bonds. The molecule has 0 fully saturated rings. The number of nitrogens with zero attached hydrogens (tertiary/aromatic N) is 1. The van der Waals surface area contributed by atoms with Crippen LogP contribution in [0, 0.1) is 4.91 Å². The highest BCUT2D eigenvalue weighted by Gasteiger charge is 2.07. The number of hydrogen-bond acceptors (Lipinski definition) is 4. The van der Waals surface area contributed by atoms with Crippen molar-refractivity contribution >= 4 is 17.3 Å². The SMILES string of the molecule is CC(=O)c1cc(N=O)cc(C(C)=O)c1. The van der Waals surface area contributed by atoms with Crippen LogP contribution in [0.5, 0.6) is 0 Å². The number of hydrogen-bond donors (Lipinski definition) is 0. The molecule has 0 aromatic heterocycles. The molecule has 14 heavy (non-hydrogen) atoms. The van der Waals surface area contributed by atoms with Crippen molar-refractivity contribution in [2.24, 2.45) is 5.18 Å². The van der Waals surface area contributed by atoms with Gasteiger partial charge in [-0.05, 0) is 37.2 Å². The Balaban J connectivity index is 3.34. The van der Waals surface area contributed by atoms with E-state index < -0.39 is 0 Å². The normalized spacial score (nSPS) is 9.57. The molecule has 72 valence electrons. The lowest BCUT2D eigenvalue weighted by molar-refractivity contribution is 0.101. The van der Waals surface area contributed by atoms with Gasteiger partial charge in [0.05, 0.1) is 0 Å². The van der Waals surface area contributed by atoms with E-state index in [1.807, 2.05) is 0 Å². The van der Waals surface area contributed by atoms with Crippen LogP contribution in [0.15, 0.2) is 23.4 Å². The maximum Gasteiger partial charge on any atom is 0.159 e. The van der Waals surface area contributed by atoms with Crippen LogP contribution in [0.4, 0.5) is 5.69 Å². The van der Waals surface area contributed by atoms with Crippen LogP contribution in [0.2, 0.25) is 0 Å². The molecule has 4 heteroatoms. The largest absolute Gasteiger partial charge is 0.295 e. The molecule has 0 aliphatic carbocycles. The smallest absolute Gasteiger partial charge is 0.159 e. The molecular formula is C10H9NO3. The quantitative estimate of drug-likeness (QED) is 0.544. The molecule has 0 atom stereocenters. The Labute approximate surface area is 80.9 Å². The van der Waals surface area contributed by atoms with Gasteiger partial charge >= 0.3 is 0 Å². The fraction of sp³-hybridized carbons (Fsp3) is 0.200. The fourth-order valence-electron chi connectivity index (χ4n) is 1.07. The Hall–Kier alpha value is -1.84. The first-order valence-corrected chi connectivity index (χ1v) is 4.05. The zero-order valence-corrected chi connectivity index (χ0v) is 7.90. The molecular weight excluding hydrogens is 182 g/mol. The monoisotopic (exact) mass is 191 g/mol. The molecule has 4 nitrogen and oxygen atoms in total. The maximum atomic E-state index is 11.0. The van der Waals surface area contributed by atoms with Crippen molar-refractivity contribution < 1.29 is 9.59 Å². The molecule has 0 unspecified atom stereocenters. The van der Waals surface area contributed by atoms with Crippen LogP contribution < -0.4 is 0 Å². The molecule has 0 aliphatic heterocycles. The van der Waals surface area contributed by atoms with E-state index >= 15 is 0 Å². The van der Waals surface area contributed by atoms with Gasteiger partial charge in [-0.25, -0.2) is 0 Å². The van der Waals surface area contributed by atoms with Crippen molar-refractivity contribution in [1.82, 2.24) is 0 Å². The van der Waals surface area contributed by atoms with Crippen molar-refractivity contribution in [3.63, 3.8) is 0 Å². The summed E-state index contributed by atoms with van der Waals surface area (Å²) in [7, 11) is 0. The number of rotatable bonds is 3. The minimum atomic E-state index is -0.196. The Morgan fingerprint density at radius 1 is 1.00 bits per heavy atom. The van der Waals surface area contributed by atoms with Crippen molar-refractivity contribution in [1.29, 1.82) is 0 Å². The fourth-order valence-corrected chi connectivity index (χ4v) is 1.07. The molecule has 0 N–H and O–H groups in total. The first-order valence-electron chi connectivity index (χ1n) is 4.05. The predicted octanol–water partition coefficient (Wildman–Crippen LogP) is 2.49. The average Bonchev–Trinajstić information content (AvgIpc) is 2.16. The van der Waals surface area contributed by atoms with Crippen molar-refractivity contribution in [3.8, 4) is 0 Å². The molecule has 0 bridgehead atoms. The zero-order chi connectivity index (χ0) is 10.7. The second-order valence-electron chi connectivity index (χ2n) is 2.97. The highest BCUT2D eigenvalue weighted by molar-refractivity contribution is 6.00. The molecule has 1 aromatic rings. The van der Waals surface area contributed by atoms with Gasteiger partial charge in [-0.1, -0.05) is 0 Å². The van der Waals surface area contributed by atoms with Gasteiger partial charge < -0.3 is 0 Å². The van der Waals surface area contributed by atoms with Crippen molar-refractivity contribution in [3.05, 3.63) is 34.2 Å². The van der Waals surface area contributed by atoms with Gasteiger partial charge in [0, 0.05) is 11.1 Å². The lowest BCUT2D eigenvalue weighted by Gasteiger charge is -2.00. The van der Waals surface area contributed by atoms with Gasteiger partial charge in [0.25, 0.3) is 0 Å². The summed E-state index contributed by atoms with van der Waals surface area (Å²) in [5.41, 5.74) is 0.752. The molecule has 0 spiro atoms. The van der Waals surface area contributed by atoms with Gasteiger partial charge in [-0.3, -0.25) is 9.59 Å². The number of carbonyl (C=O) groups excluding carboxylic acids is 2. The van der Waals surface area contributed by atoms with Gasteiger partial charge in [-0.2, -0.15) is 0 Å². The molecule has 0 heterocycles. The standard InChI is InChI=1S/C10H9NO3/c1-6(12)8-3-9(7(2)13)5-10(4-8)11-14/h3-5H,1-2H3. The van der Waals surface area contributed by atoms with Crippen LogP contribution >= 0.6 is 0 Å². The van der Waals surface area contributed by atoms with E-state index in [-0.39, 0.29) is 17.3 Å². The van der Waals surface area contributed by atoms with E-state index in [9.17, 15) is 14.5 Å². The first kappa shape index (κ1) is 10.2. The minimum Gasteiger partial charge on any atom is -0.295 e.